The summed E-state index contributed by atoms with van der Waals surface area (Å²) in [5.74, 6) is -1.72. The molecular formula is C20H22N2O10. The lowest BCUT2D eigenvalue weighted by molar-refractivity contribution is -0.156. The van der Waals surface area contributed by atoms with Gasteiger partial charge in [0.2, 0.25) is 0 Å². The summed E-state index contributed by atoms with van der Waals surface area (Å²) >= 11 is 0. The van der Waals surface area contributed by atoms with Crippen molar-refractivity contribution in [3.05, 3.63) is 56.4 Å². The van der Waals surface area contributed by atoms with Gasteiger partial charge in [0.1, 0.15) is 23.2 Å². The molecule has 1 fully saturated rings. The number of nitrogens with zero attached hydrogens (tertiary/aromatic N) is 1. The summed E-state index contributed by atoms with van der Waals surface area (Å²) in [6.45, 7) is 2.04. The number of carbonyl (C=O) groups is 2. The minimum Gasteiger partial charge on any atom is -0.508 e. The topological polar surface area (TPSA) is 166 Å². The molecule has 0 bridgehead atoms. The SMILES string of the molecule is COc1cc(O)cc(C)c1C(=O)O[C@H]1[C@@H](OC(C)=O)[C@@H](n2ccc(=O)[nH]c2=O)O[C@H]1CO. The van der Waals surface area contributed by atoms with Gasteiger partial charge in [-0.3, -0.25) is 19.1 Å². The Hall–Kier alpha value is -3.64. The van der Waals surface area contributed by atoms with Crippen molar-refractivity contribution in [2.75, 3.05) is 13.7 Å². The number of aromatic hydroxyl groups is 1. The molecule has 1 aliphatic heterocycles. The van der Waals surface area contributed by atoms with Crippen LogP contribution in [-0.2, 0) is 19.0 Å². The Balaban J connectivity index is 2.00. The van der Waals surface area contributed by atoms with Gasteiger partial charge in [0.25, 0.3) is 5.56 Å². The highest BCUT2D eigenvalue weighted by Crippen LogP contribution is 2.35. The maximum atomic E-state index is 13.0. The van der Waals surface area contributed by atoms with Crippen molar-refractivity contribution < 1.29 is 38.7 Å². The van der Waals surface area contributed by atoms with Crippen LogP contribution >= 0.6 is 0 Å². The van der Waals surface area contributed by atoms with Gasteiger partial charge in [0.05, 0.1) is 13.7 Å². The zero-order valence-electron chi connectivity index (χ0n) is 17.4. The fourth-order valence-corrected chi connectivity index (χ4v) is 3.51. The second kappa shape index (κ2) is 9.24. The van der Waals surface area contributed by atoms with Crippen LogP contribution in [0.3, 0.4) is 0 Å². The summed E-state index contributed by atoms with van der Waals surface area (Å²) in [5.41, 5.74) is -1.14. The average molecular weight is 450 g/mol. The fraction of sp³-hybridized carbons (Fsp3) is 0.400. The summed E-state index contributed by atoms with van der Waals surface area (Å²) in [4.78, 5) is 50.4. The number of phenols is 1. The first-order chi connectivity index (χ1) is 15.2. The molecule has 32 heavy (non-hydrogen) atoms. The number of aliphatic hydroxyl groups is 1. The monoisotopic (exact) mass is 450 g/mol. The Morgan fingerprint density at radius 3 is 2.53 bits per heavy atom. The normalized spacial score (nSPS) is 22.4. The average Bonchev–Trinajstić information content (AvgIpc) is 3.03. The number of aryl methyl sites for hydroxylation is 1. The number of methoxy groups -OCH3 is 1. The van der Waals surface area contributed by atoms with Crippen LogP contribution in [0.4, 0.5) is 0 Å². The van der Waals surface area contributed by atoms with Crippen molar-refractivity contribution in [1.29, 1.82) is 0 Å². The number of aromatic nitrogens is 2. The van der Waals surface area contributed by atoms with Gasteiger partial charge in [0, 0.05) is 25.3 Å². The minimum atomic E-state index is -1.32. The van der Waals surface area contributed by atoms with E-state index >= 15 is 0 Å². The van der Waals surface area contributed by atoms with Gasteiger partial charge in [-0.15, -0.1) is 0 Å². The van der Waals surface area contributed by atoms with E-state index in [1.54, 1.807) is 6.92 Å². The van der Waals surface area contributed by atoms with Gasteiger partial charge in [-0.05, 0) is 18.6 Å². The maximum Gasteiger partial charge on any atom is 0.342 e. The molecular weight excluding hydrogens is 428 g/mol. The molecule has 1 aromatic heterocycles. The zero-order chi connectivity index (χ0) is 23.6. The smallest absolute Gasteiger partial charge is 0.342 e. The molecule has 3 N–H and O–H groups in total. The number of phenolic OH excluding ortho intramolecular Hbond substituents is 1. The molecule has 0 unspecified atom stereocenters. The first-order valence-electron chi connectivity index (χ1n) is 9.49. The number of rotatable bonds is 6. The number of nitrogens with one attached hydrogen (secondary N) is 1. The van der Waals surface area contributed by atoms with Crippen LogP contribution in [0.15, 0.2) is 34.0 Å². The van der Waals surface area contributed by atoms with Crippen LogP contribution in [0.25, 0.3) is 0 Å². The zero-order valence-corrected chi connectivity index (χ0v) is 17.4. The first kappa shape index (κ1) is 23.0. The summed E-state index contributed by atoms with van der Waals surface area (Å²) < 4.78 is 22.6. The van der Waals surface area contributed by atoms with E-state index in [4.69, 9.17) is 18.9 Å². The van der Waals surface area contributed by atoms with E-state index in [0.29, 0.717) is 5.56 Å². The van der Waals surface area contributed by atoms with E-state index in [2.05, 4.69) is 4.98 Å². The van der Waals surface area contributed by atoms with Crippen molar-refractivity contribution in [1.82, 2.24) is 9.55 Å². The van der Waals surface area contributed by atoms with Crippen LogP contribution in [0.2, 0.25) is 0 Å². The molecule has 2 heterocycles. The Bertz CT molecular complexity index is 1140. The van der Waals surface area contributed by atoms with Gasteiger partial charge in [-0.25, -0.2) is 9.59 Å². The third-order valence-corrected chi connectivity index (χ3v) is 4.84. The predicted octanol–water partition coefficient (Wildman–Crippen LogP) is -0.394. The molecule has 1 aliphatic rings. The second-order valence-electron chi connectivity index (χ2n) is 7.05. The molecule has 0 saturated carbocycles. The largest absolute Gasteiger partial charge is 0.508 e. The van der Waals surface area contributed by atoms with Crippen LogP contribution in [0, 0.1) is 6.92 Å². The maximum absolute atomic E-state index is 13.0. The van der Waals surface area contributed by atoms with Crippen LogP contribution in [-0.4, -0.2) is 63.7 Å². The molecule has 0 spiro atoms. The lowest BCUT2D eigenvalue weighted by atomic mass is 10.1. The van der Waals surface area contributed by atoms with Crippen LogP contribution in [0.5, 0.6) is 11.5 Å². The molecule has 1 aromatic carbocycles. The number of benzene rings is 1. The number of hydrogen-bond donors (Lipinski definition) is 3. The number of aromatic amines is 1. The molecule has 3 rings (SSSR count). The van der Waals surface area contributed by atoms with Gasteiger partial charge in [-0.2, -0.15) is 0 Å². The first-order valence-corrected chi connectivity index (χ1v) is 9.49. The Morgan fingerprint density at radius 2 is 1.94 bits per heavy atom. The number of ether oxygens (including phenoxy) is 4. The van der Waals surface area contributed by atoms with E-state index < -0.39 is 54.3 Å². The number of carbonyl (C=O) groups excluding carboxylic acids is 2. The number of aliphatic hydroxyl groups excluding tert-OH is 1. The highest BCUT2D eigenvalue weighted by atomic mass is 16.6. The third-order valence-electron chi connectivity index (χ3n) is 4.84. The number of H-pyrrole nitrogens is 1. The lowest BCUT2D eigenvalue weighted by Crippen LogP contribution is -2.42. The van der Waals surface area contributed by atoms with E-state index in [1.807, 2.05) is 0 Å². The van der Waals surface area contributed by atoms with Crippen molar-refractivity contribution in [3.8, 4) is 11.5 Å². The minimum absolute atomic E-state index is 0.00761. The van der Waals surface area contributed by atoms with Crippen molar-refractivity contribution in [2.24, 2.45) is 0 Å². The number of esters is 2. The Morgan fingerprint density at radius 1 is 1.22 bits per heavy atom. The lowest BCUT2D eigenvalue weighted by Gasteiger charge is -2.24. The molecule has 1 saturated heterocycles. The number of hydrogen-bond acceptors (Lipinski definition) is 10. The molecule has 0 aliphatic carbocycles. The fourth-order valence-electron chi connectivity index (χ4n) is 3.51. The van der Waals surface area contributed by atoms with E-state index in [0.717, 1.165) is 23.8 Å². The quantitative estimate of drug-likeness (QED) is 0.493. The van der Waals surface area contributed by atoms with E-state index in [9.17, 15) is 29.4 Å². The van der Waals surface area contributed by atoms with Crippen LogP contribution in [0.1, 0.15) is 29.1 Å². The van der Waals surface area contributed by atoms with E-state index in [-0.39, 0.29) is 17.1 Å². The van der Waals surface area contributed by atoms with Crippen molar-refractivity contribution in [2.45, 2.75) is 38.4 Å². The molecule has 172 valence electrons. The van der Waals surface area contributed by atoms with E-state index in [1.165, 1.54) is 19.2 Å². The highest BCUT2D eigenvalue weighted by molar-refractivity contribution is 5.94. The second-order valence-corrected chi connectivity index (χ2v) is 7.05. The predicted molar refractivity (Wildman–Crippen MR) is 106 cm³/mol. The van der Waals surface area contributed by atoms with Crippen LogP contribution < -0.4 is 16.0 Å². The standard InChI is InChI=1S/C20H22N2O10/c1-9-6-11(25)7-12(29-3)15(9)19(27)32-16-13(8-23)31-18(17(16)30-10(2)24)22-5-4-14(26)21-20(22)28/h4-7,13,16-18,23,25H,8H2,1-3H3,(H,21,26,28)/t13-,16+,17+,18-/m0/s1. The molecule has 4 atom stereocenters. The highest BCUT2D eigenvalue weighted by Gasteiger charge is 2.50. The van der Waals surface area contributed by atoms with Gasteiger partial charge in [-0.1, -0.05) is 0 Å². The molecule has 12 heteroatoms. The third kappa shape index (κ3) is 4.50. The van der Waals surface area contributed by atoms with Crippen molar-refractivity contribution >= 4 is 11.9 Å². The Kier molecular flexibility index (Phi) is 6.65. The van der Waals surface area contributed by atoms with Gasteiger partial charge < -0.3 is 29.2 Å². The summed E-state index contributed by atoms with van der Waals surface area (Å²) in [6.07, 6.45) is -3.94. The summed E-state index contributed by atoms with van der Waals surface area (Å²) in [7, 11) is 1.31. The molecule has 2 aromatic rings. The summed E-state index contributed by atoms with van der Waals surface area (Å²) in [5, 5.41) is 19.5. The summed E-state index contributed by atoms with van der Waals surface area (Å²) in [6, 6.07) is 3.62. The molecule has 0 amide bonds. The van der Waals surface area contributed by atoms with Crippen molar-refractivity contribution in [3.63, 3.8) is 0 Å². The Labute approximate surface area is 180 Å². The van der Waals surface area contributed by atoms with Gasteiger partial charge >= 0.3 is 17.6 Å². The van der Waals surface area contributed by atoms with Gasteiger partial charge in [0.15, 0.2) is 18.4 Å². The molecule has 0 radical (unpaired) electrons. The molecule has 12 nitrogen and oxygen atoms in total.